The number of hydrogen-bond donors (Lipinski definition) is 3. The van der Waals surface area contributed by atoms with Gasteiger partial charge in [-0.15, -0.1) is 0 Å². The van der Waals surface area contributed by atoms with Gasteiger partial charge in [0, 0.05) is 5.69 Å². The predicted octanol–water partition coefficient (Wildman–Crippen LogP) is 5.61. The van der Waals surface area contributed by atoms with Crippen LogP contribution in [0, 0.1) is 0 Å². The summed E-state index contributed by atoms with van der Waals surface area (Å²) in [5, 5.41) is 14.0. The van der Waals surface area contributed by atoms with Crippen molar-refractivity contribution in [3.8, 4) is 0 Å². The second-order valence-electron chi connectivity index (χ2n) is 6.87. The molecule has 3 aromatic rings. The fourth-order valence-corrected chi connectivity index (χ4v) is 5.32. The predicted molar refractivity (Wildman–Crippen MR) is 113 cm³/mol. The summed E-state index contributed by atoms with van der Waals surface area (Å²) in [4.78, 5) is 22.0. The zero-order valence-electron chi connectivity index (χ0n) is 15.7. The molecule has 0 heterocycles. The lowest BCUT2D eigenvalue weighted by Gasteiger charge is -2.25. The van der Waals surface area contributed by atoms with Gasteiger partial charge in [-0.2, -0.15) is 0 Å². The minimum absolute atomic E-state index is 0.211. The smallest absolute Gasteiger partial charge is 0.307 e. The molecule has 0 fully saturated rings. The molecule has 5 nitrogen and oxygen atoms in total. The van der Waals surface area contributed by atoms with E-state index >= 15 is 0 Å². The second kappa shape index (κ2) is 8.59. The third-order valence-corrected chi connectivity index (χ3v) is 6.75. The van der Waals surface area contributed by atoms with Crippen molar-refractivity contribution in [3.05, 3.63) is 77.9 Å². The van der Waals surface area contributed by atoms with E-state index in [0.29, 0.717) is 17.7 Å². The molecule has 0 radical (unpaired) electrons. The highest BCUT2D eigenvalue weighted by molar-refractivity contribution is 7.60. The lowest BCUT2D eigenvalue weighted by atomic mass is 10.0. The van der Waals surface area contributed by atoms with E-state index in [1.807, 2.05) is 49.4 Å². The van der Waals surface area contributed by atoms with Gasteiger partial charge in [-0.3, -0.25) is 9.36 Å². The molecule has 28 heavy (non-hydrogen) atoms. The van der Waals surface area contributed by atoms with Crippen molar-refractivity contribution in [2.24, 2.45) is 0 Å². The molecule has 2 atom stereocenters. The van der Waals surface area contributed by atoms with Gasteiger partial charge in [-0.25, -0.2) is 0 Å². The van der Waals surface area contributed by atoms with Crippen LogP contribution in [0.15, 0.2) is 66.7 Å². The minimum Gasteiger partial charge on any atom is -0.481 e. The molecule has 146 valence electrons. The summed E-state index contributed by atoms with van der Waals surface area (Å²) < 4.78 is 13.3. The SMILES string of the molecule is CCCC(c1ccc2ccccc2c1)P(=O)(O)Nc1ccccc1CC(=O)O. The molecule has 0 amide bonds. The van der Waals surface area contributed by atoms with E-state index in [1.54, 1.807) is 24.3 Å². The highest BCUT2D eigenvalue weighted by Gasteiger charge is 2.32. The zero-order valence-corrected chi connectivity index (χ0v) is 16.6. The van der Waals surface area contributed by atoms with Gasteiger partial charge in [0.15, 0.2) is 0 Å². The fraction of sp³-hybridized carbons (Fsp3) is 0.227. The van der Waals surface area contributed by atoms with Gasteiger partial charge in [0.05, 0.1) is 12.1 Å². The number of para-hydroxylation sites is 1. The van der Waals surface area contributed by atoms with Gasteiger partial charge in [0.25, 0.3) is 7.52 Å². The Morgan fingerprint density at radius 2 is 1.71 bits per heavy atom. The Hall–Kier alpha value is -2.62. The van der Waals surface area contributed by atoms with Crippen LogP contribution in [-0.2, 0) is 15.8 Å². The van der Waals surface area contributed by atoms with E-state index < -0.39 is 19.1 Å². The summed E-state index contributed by atoms with van der Waals surface area (Å²) in [6, 6.07) is 20.5. The van der Waals surface area contributed by atoms with Crippen molar-refractivity contribution in [1.82, 2.24) is 0 Å². The minimum atomic E-state index is -3.85. The van der Waals surface area contributed by atoms with E-state index in [4.69, 9.17) is 5.11 Å². The number of anilines is 1. The summed E-state index contributed by atoms with van der Waals surface area (Å²) >= 11 is 0. The van der Waals surface area contributed by atoms with Gasteiger partial charge in [-0.1, -0.05) is 74.0 Å². The van der Waals surface area contributed by atoms with Crippen LogP contribution in [0.4, 0.5) is 5.69 Å². The summed E-state index contributed by atoms with van der Waals surface area (Å²) in [6.45, 7) is 1.98. The molecule has 3 aromatic carbocycles. The molecule has 0 aliphatic heterocycles. The average Bonchev–Trinajstić information content (AvgIpc) is 2.66. The van der Waals surface area contributed by atoms with Crippen molar-refractivity contribution >= 4 is 29.9 Å². The molecule has 3 rings (SSSR count). The Labute approximate surface area is 164 Å². The maximum atomic E-state index is 13.3. The number of carbonyl (C=O) groups is 1. The van der Waals surface area contributed by atoms with E-state index in [-0.39, 0.29) is 6.42 Å². The van der Waals surface area contributed by atoms with Gasteiger partial charge in [0.1, 0.15) is 0 Å². The lowest BCUT2D eigenvalue weighted by Crippen LogP contribution is -2.10. The second-order valence-corrected chi connectivity index (χ2v) is 8.97. The molecule has 0 spiro atoms. The molecule has 0 saturated heterocycles. The van der Waals surface area contributed by atoms with Crippen LogP contribution < -0.4 is 5.09 Å². The largest absolute Gasteiger partial charge is 0.481 e. The monoisotopic (exact) mass is 397 g/mol. The Balaban J connectivity index is 1.96. The van der Waals surface area contributed by atoms with Crippen LogP contribution in [-0.4, -0.2) is 16.0 Å². The van der Waals surface area contributed by atoms with Crippen LogP contribution in [0.25, 0.3) is 10.8 Å². The summed E-state index contributed by atoms with van der Waals surface area (Å²) in [5.74, 6) is -0.985. The van der Waals surface area contributed by atoms with Crippen LogP contribution in [0.3, 0.4) is 0 Å². The molecule has 0 saturated carbocycles. The molecule has 0 aromatic heterocycles. The fourth-order valence-electron chi connectivity index (χ4n) is 3.43. The Morgan fingerprint density at radius 3 is 2.43 bits per heavy atom. The average molecular weight is 397 g/mol. The Bertz CT molecular complexity index is 1030. The Kier molecular flexibility index (Phi) is 6.18. The van der Waals surface area contributed by atoms with E-state index in [2.05, 4.69) is 5.09 Å². The summed E-state index contributed by atoms with van der Waals surface area (Å²) in [5.41, 5.74) is 1.09. The highest BCUT2D eigenvalue weighted by Crippen LogP contribution is 2.57. The van der Waals surface area contributed by atoms with Crippen LogP contribution >= 0.6 is 7.52 Å². The molecular weight excluding hydrogens is 373 g/mol. The zero-order chi connectivity index (χ0) is 20.1. The maximum Gasteiger partial charge on any atom is 0.307 e. The van der Waals surface area contributed by atoms with E-state index in [9.17, 15) is 14.3 Å². The van der Waals surface area contributed by atoms with Gasteiger partial charge < -0.3 is 15.1 Å². The van der Waals surface area contributed by atoms with E-state index in [0.717, 1.165) is 22.8 Å². The van der Waals surface area contributed by atoms with Crippen LogP contribution in [0.1, 0.15) is 36.6 Å². The molecule has 3 N–H and O–H groups in total. The molecule has 0 aliphatic rings. The first-order valence-electron chi connectivity index (χ1n) is 9.30. The van der Waals surface area contributed by atoms with Gasteiger partial charge in [-0.05, 0) is 34.4 Å². The number of fused-ring (bicyclic) bond motifs is 1. The van der Waals surface area contributed by atoms with Crippen molar-refractivity contribution in [2.45, 2.75) is 31.8 Å². The number of carboxylic acids is 1. The first-order chi connectivity index (χ1) is 13.4. The quantitative estimate of drug-likeness (QED) is 0.430. The Morgan fingerprint density at radius 1 is 1.04 bits per heavy atom. The lowest BCUT2D eigenvalue weighted by molar-refractivity contribution is -0.136. The number of aliphatic carboxylic acids is 1. The topological polar surface area (TPSA) is 86.6 Å². The van der Waals surface area contributed by atoms with Crippen molar-refractivity contribution in [3.63, 3.8) is 0 Å². The molecule has 0 aliphatic carbocycles. The van der Waals surface area contributed by atoms with E-state index in [1.165, 1.54) is 0 Å². The molecule has 0 bridgehead atoms. The van der Waals surface area contributed by atoms with Crippen molar-refractivity contribution < 1.29 is 19.4 Å². The summed E-state index contributed by atoms with van der Waals surface area (Å²) in [6.07, 6.45) is 1.08. The van der Waals surface area contributed by atoms with Gasteiger partial charge >= 0.3 is 5.97 Å². The van der Waals surface area contributed by atoms with Crippen LogP contribution in [0.2, 0.25) is 0 Å². The number of rotatable bonds is 8. The normalized spacial score (nSPS) is 14.4. The standard InChI is InChI=1S/C22H24NO4P/c1-2-7-21(19-13-12-16-8-3-4-9-17(16)14-19)28(26,27)23-20-11-6-5-10-18(20)15-22(24)25/h3-6,8-14,21H,2,7,15H2,1H3,(H,24,25)(H2,23,26,27). The van der Waals surface area contributed by atoms with Gasteiger partial charge in [0.2, 0.25) is 0 Å². The first-order valence-corrected chi connectivity index (χ1v) is 11.0. The molecule has 6 heteroatoms. The third kappa shape index (κ3) is 4.61. The number of nitrogens with one attached hydrogen (secondary N) is 1. The maximum absolute atomic E-state index is 13.3. The first kappa shape index (κ1) is 20.1. The third-order valence-electron chi connectivity index (χ3n) is 4.78. The molecular formula is C22H24NO4P. The highest BCUT2D eigenvalue weighted by atomic mass is 31.2. The van der Waals surface area contributed by atoms with Crippen molar-refractivity contribution in [1.29, 1.82) is 0 Å². The van der Waals surface area contributed by atoms with Crippen LogP contribution in [0.5, 0.6) is 0 Å². The summed E-state index contributed by atoms with van der Waals surface area (Å²) in [7, 11) is -3.85. The molecule has 2 unspecified atom stereocenters. The van der Waals surface area contributed by atoms with Crippen molar-refractivity contribution in [2.75, 3.05) is 5.09 Å². The number of hydrogen-bond acceptors (Lipinski definition) is 2. The number of carboxylic acid groups (broad SMARTS) is 1. The number of benzene rings is 3.